The molecule has 2 bridgehead atoms. The summed E-state index contributed by atoms with van der Waals surface area (Å²) in [6, 6.07) is 14.0. The predicted molar refractivity (Wildman–Crippen MR) is 195 cm³/mol. The molecule has 9 nitrogen and oxygen atoms in total. The lowest BCUT2D eigenvalue weighted by Crippen LogP contribution is -2.62. The van der Waals surface area contributed by atoms with Crippen molar-refractivity contribution < 1.29 is 22.7 Å². The number of hydrogen-bond donors (Lipinski definition) is 1. The molecule has 3 aliphatic heterocycles. The summed E-state index contributed by atoms with van der Waals surface area (Å²) in [6.45, 7) is 9.54. The second-order valence-corrected chi connectivity index (χ2v) is 18.5. The van der Waals surface area contributed by atoms with E-state index in [-0.39, 0.29) is 28.2 Å². The van der Waals surface area contributed by atoms with Crippen LogP contribution in [0.2, 0.25) is 5.02 Å². The molecule has 0 aromatic heterocycles. The van der Waals surface area contributed by atoms with Crippen LogP contribution < -0.4 is 14.4 Å². The molecule has 2 aromatic rings. The maximum atomic E-state index is 13.6. The van der Waals surface area contributed by atoms with Crippen LogP contribution in [0.3, 0.4) is 0 Å². The van der Waals surface area contributed by atoms with Gasteiger partial charge in [0.15, 0.2) is 0 Å². The van der Waals surface area contributed by atoms with Gasteiger partial charge < -0.3 is 14.4 Å². The number of likely N-dealkylation sites (tertiary alicyclic amines) is 1. The largest absolute Gasteiger partial charge is 0.490 e. The second-order valence-electron chi connectivity index (χ2n) is 16.0. The maximum absolute atomic E-state index is 13.6. The first-order chi connectivity index (χ1) is 23.8. The molecule has 50 heavy (non-hydrogen) atoms. The summed E-state index contributed by atoms with van der Waals surface area (Å²) >= 11 is 6.47. The smallest absolute Gasteiger partial charge is 0.264 e. The Morgan fingerprint density at radius 2 is 1.94 bits per heavy atom. The van der Waals surface area contributed by atoms with Crippen LogP contribution >= 0.6 is 11.6 Å². The lowest BCUT2D eigenvalue weighted by molar-refractivity contribution is -0.110. The number of hydrogen-bond acceptors (Lipinski definition) is 8. The lowest BCUT2D eigenvalue weighted by atomic mass is 9.63. The Bertz CT molecular complexity index is 1840. The predicted octanol–water partition coefficient (Wildman–Crippen LogP) is 6.11. The summed E-state index contributed by atoms with van der Waals surface area (Å²) in [7, 11) is -2.18. The van der Waals surface area contributed by atoms with E-state index in [1.165, 1.54) is 11.1 Å². The first-order valence-electron chi connectivity index (χ1n) is 18.0. The van der Waals surface area contributed by atoms with Crippen molar-refractivity contribution in [1.82, 2.24) is 9.62 Å². The third kappa shape index (κ3) is 6.33. The van der Waals surface area contributed by atoms with E-state index in [1.807, 2.05) is 32.0 Å². The molecule has 0 radical (unpaired) electrons. The van der Waals surface area contributed by atoms with Crippen LogP contribution in [0, 0.1) is 34.5 Å². The van der Waals surface area contributed by atoms with E-state index in [1.54, 1.807) is 20.1 Å². The fourth-order valence-corrected chi connectivity index (χ4v) is 10.8. The number of amides is 1. The second kappa shape index (κ2) is 13.1. The van der Waals surface area contributed by atoms with E-state index in [2.05, 4.69) is 44.9 Å². The molecule has 2 aliphatic carbocycles. The van der Waals surface area contributed by atoms with Crippen LogP contribution in [0.1, 0.15) is 74.4 Å². The number of carbonyl (C=O) groups excluding carboxylic acids is 1. The number of allylic oxidation sites excluding steroid dienone is 1. The number of methoxy groups -OCH3 is 1. The number of anilines is 1. The number of nitrogens with zero attached hydrogens (tertiary/aromatic N) is 3. The monoisotopic (exact) mass is 720 g/mol. The fourth-order valence-electron chi connectivity index (χ4n) is 9.28. The number of sulfonamides is 1. The first-order valence-corrected chi connectivity index (χ1v) is 19.9. The minimum absolute atomic E-state index is 0.203. The van der Waals surface area contributed by atoms with Gasteiger partial charge in [-0.05, 0) is 112 Å². The lowest BCUT2D eigenvalue weighted by Gasteiger charge is -2.54. The van der Waals surface area contributed by atoms with Gasteiger partial charge in [-0.2, -0.15) is 5.26 Å². The zero-order valence-electron chi connectivity index (χ0n) is 29.6. The highest BCUT2D eigenvalue weighted by Gasteiger charge is 2.52. The molecule has 11 heteroatoms. The van der Waals surface area contributed by atoms with Crippen LogP contribution in [0.25, 0.3) is 0 Å². The third-order valence-corrected chi connectivity index (χ3v) is 14.6. The van der Waals surface area contributed by atoms with E-state index in [9.17, 15) is 18.5 Å². The standard InChI is InChI=1S/C39H49ClN4O5S/c1-26-7-5-16-39(48-4,24-43-21-37(3,20-41)22-43)33-12-9-30(33)19-44-23-38(15-6-8-28-17-31(40)11-13-32(28)38)25-49-35-14-10-29(18-34(35)44)36(45)42-50(46,47)27(26)2/h5,10-11,13-14,16-18,26-27,30,33H,6-9,12,15,19,21-25H2,1-4H3,(H,42,45)/b16-5+/t26-,27+,30-,33+,38-,39-/m0/s1. The third-order valence-electron chi connectivity index (χ3n) is 12.5. The van der Waals surface area contributed by atoms with Crippen molar-refractivity contribution in [1.29, 1.82) is 5.26 Å². The number of benzene rings is 2. The van der Waals surface area contributed by atoms with E-state index in [0.29, 0.717) is 50.9 Å². The van der Waals surface area contributed by atoms with Crippen LogP contribution in [0.5, 0.6) is 5.75 Å². The molecule has 6 atom stereocenters. The zero-order chi connectivity index (χ0) is 35.5. The van der Waals surface area contributed by atoms with Gasteiger partial charge in [-0.15, -0.1) is 0 Å². The molecule has 0 unspecified atom stereocenters. The number of rotatable bonds is 3. The number of aryl methyl sites for hydroxylation is 1. The van der Waals surface area contributed by atoms with Gasteiger partial charge in [0.2, 0.25) is 10.0 Å². The Hall–Kier alpha value is -3.10. The van der Waals surface area contributed by atoms with Gasteiger partial charge in [-0.3, -0.25) is 9.69 Å². The average Bonchev–Trinajstić information content (AvgIpc) is 3.21. The van der Waals surface area contributed by atoms with Gasteiger partial charge >= 0.3 is 0 Å². The topological polar surface area (TPSA) is 112 Å². The van der Waals surface area contributed by atoms with Gasteiger partial charge in [0.05, 0.1) is 29.0 Å². The van der Waals surface area contributed by atoms with Crippen molar-refractivity contribution in [2.45, 2.75) is 75.6 Å². The minimum atomic E-state index is -3.97. The Balaban J connectivity index is 1.31. The summed E-state index contributed by atoms with van der Waals surface area (Å²) in [5, 5.41) is 9.67. The molecule has 2 aromatic carbocycles. The van der Waals surface area contributed by atoms with Gasteiger partial charge in [-0.1, -0.05) is 36.7 Å². The van der Waals surface area contributed by atoms with E-state index in [4.69, 9.17) is 21.1 Å². The molecular formula is C39H49ClN4O5S. The molecule has 268 valence electrons. The first kappa shape index (κ1) is 35.3. The van der Waals surface area contributed by atoms with Gasteiger partial charge in [-0.25, -0.2) is 13.1 Å². The summed E-state index contributed by atoms with van der Waals surface area (Å²) < 4.78 is 42.6. The molecule has 3 heterocycles. The van der Waals surface area contributed by atoms with Crippen molar-refractivity contribution in [3.63, 3.8) is 0 Å². The molecule has 1 amide bonds. The summed E-state index contributed by atoms with van der Waals surface area (Å²) in [6.07, 6.45) is 9.75. The Morgan fingerprint density at radius 1 is 1.14 bits per heavy atom. The average molecular weight is 721 g/mol. The number of carbonyl (C=O) groups is 1. The van der Waals surface area contributed by atoms with Crippen molar-refractivity contribution in [2.75, 3.05) is 51.3 Å². The van der Waals surface area contributed by atoms with Crippen molar-refractivity contribution in [3.8, 4) is 11.8 Å². The summed E-state index contributed by atoms with van der Waals surface area (Å²) in [5.41, 5.74) is 2.36. The molecule has 2 fully saturated rings. The summed E-state index contributed by atoms with van der Waals surface area (Å²) in [4.78, 5) is 18.3. The normalized spacial score (nSPS) is 34.0. The molecule has 5 aliphatic rings. The van der Waals surface area contributed by atoms with Gasteiger partial charge in [0, 0.05) is 55.8 Å². The van der Waals surface area contributed by atoms with Gasteiger partial charge in [0.1, 0.15) is 11.4 Å². The van der Waals surface area contributed by atoms with Crippen molar-refractivity contribution in [2.24, 2.45) is 23.2 Å². The van der Waals surface area contributed by atoms with E-state index in [0.717, 1.165) is 49.4 Å². The Kier molecular flexibility index (Phi) is 9.28. The summed E-state index contributed by atoms with van der Waals surface area (Å²) in [5.74, 6) is 0.305. The number of nitrogens with one attached hydrogen (secondary N) is 1. The highest BCUT2D eigenvalue weighted by Crippen LogP contribution is 2.50. The fraction of sp³-hybridized carbons (Fsp3) is 0.590. The zero-order valence-corrected chi connectivity index (χ0v) is 31.2. The molecular weight excluding hydrogens is 672 g/mol. The molecule has 1 spiro atoms. The Labute approximate surface area is 302 Å². The number of halogens is 1. The maximum Gasteiger partial charge on any atom is 0.264 e. The number of fused-ring (bicyclic) bond motifs is 4. The van der Waals surface area contributed by atoms with Crippen LogP contribution in [-0.4, -0.2) is 76.5 Å². The number of nitriles is 1. The molecule has 1 N–H and O–H groups in total. The van der Waals surface area contributed by atoms with Crippen LogP contribution in [0.15, 0.2) is 48.6 Å². The molecule has 1 saturated heterocycles. The van der Waals surface area contributed by atoms with Crippen molar-refractivity contribution in [3.05, 3.63) is 70.3 Å². The van der Waals surface area contributed by atoms with E-state index < -0.39 is 26.8 Å². The quantitative estimate of drug-likeness (QED) is 0.378. The highest BCUT2D eigenvalue weighted by atomic mass is 35.5. The van der Waals surface area contributed by atoms with Crippen LogP contribution in [-0.2, 0) is 26.6 Å². The minimum Gasteiger partial charge on any atom is -0.490 e. The Morgan fingerprint density at radius 3 is 2.66 bits per heavy atom. The van der Waals surface area contributed by atoms with E-state index >= 15 is 0 Å². The van der Waals surface area contributed by atoms with Crippen LogP contribution in [0.4, 0.5) is 5.69 Å². The SMILES string of the molecule is CO[C@]1(CN2CC(C)(C#N)C2)/C=C/C[C@H](C)[C@@H](C)S(=O)(=O)NC(=O)c2ccc3c(c2)N(C[C@@H]2CC[C@H]21)C[C@@]1(CCCc2cc(Cl)ccc21)CO3. The molecule has 7 rings (SSSR count). The number of ether oxygens (including phenoxy) is 2. The van der Waals surface area contributed by atoms with Gasteiger partial charge in [0.25, 0.3) is 5.91 Å². The molecule has 1 saturated carbocycles. The van der Waals surface area contributed by atoms with Crippen molar-refractivity contribution >= 4 is 33.2 Å². The highest BCUT2D eigenvalue weighted by molar-refractivity contribution is 7.90.